The van der Waals surface area contributed by atoms with Gasteiger partial charge in [-0.25, -0.2) is 8.42 Å². The fourth-order valence-electron chi connectivity index (χ4n) is 3.35. The molecular formula is C22H28N2O5S. The molecule has 0 aromatic heterocycles. The van der Waals surface area contributed by atoms with Crippen molar-refractivity contribution in [3.05, 3.63) is 54.1 Å². The molecule has 0 aliphatic carbocycles. The summed E-state index contributed by atoms with van der Waals surface area (Å²) in [6.07, 6.45) is 0.750. The number of amides is 1. The molecule has 0 spiro atoms. The van der Waals surface area contributed by atoms with Crippen LogP contribution in [0.25, 0.3) is 0 Å². The number of nitrogens with one attached hydrogen (secondary N) is 1. The van der Waals surface area contributed by atoms with Gasteiger partial charge in [0.2, 0.25) is 22.7 Å². The van der Waals surface area contributed by atoms with Crippen LogP contribution in [0.3, 0.4) is 0 Å². The first-order valence-corrected chi connectivity index (χ1v) is 11.7. The summed E-state index contributed by atoms with van der Waals surface area (Å²) in [4.78, 5) is 12.9. The summed E-state index contributed by atoms with van der Waals surface area (Å²) in [6.45, 7) is 5.51. The molecule has 1 aliphatic rings. The fraction of sp³-hybridized carbons (Fsp3) is 0.409. The summed E-state index contributed by atoms with van der Waals surface area (Å²) in [5, 5.41) is 3.01. The van der Waals surface area contributed by atoms with Gasteiger partial charge < -0.3 is 14.8 Å². The Labute approximate surface area is 178 Å². The van der Waals surface area contributed by atoms with Gasteiger partial charge in [0.1, 0.15) is 6.54 Å². The number of anilines is 1. The second-order valence-corrected chi connectivity index (χ2v) is 9.79. The Morgan fingerprint density at radius 1 is 1.10 bits per heavy atom. The summed E-state index contributed by atoms with van der Waals surface area (Å²) in [7, 11) is -3.67. The Kier molecular flexibility index (Phi) is 6.87. The van der Waals surface area contributed by atoms with Crippen LogP contribution in [0.4, 0.5) is 5.69 Å². The molecule has 1 heterocycles. The first kappa shape index (κ1) is 22.0. The third-order valence-corrected chi connectivity index (χ3v) is 6.62. The van der Waals surface area contributed by atoms with E-state index in [2.05, 4.69) is 19.2 Å². The van der Waals surface area contributed by atoms with Crippen LogP contribution >= 0.6 is 0 Å². The lowest BCUT2D eigenvalue weighted by molar-refractivity contribution is -0.120. The highest BCUT2D eigenvalue weighted by molar-refractivity contribution is 7.92. The molecular weight excluding hydrogens is 404 g/mol. The van der Waals surface area contributed by atoms with Crippen molar-refractivity contribution in [1.29, 1.82) is 0 Å². The summed E-state index contributed by atoms with van der Waals surface area (Å²) >= 11 is 0. The summed E-state index contributed by atoms with van der Waals surface area (Å²) in [5.41, 5.74) is 1.36. The maximum Gasteiger partial charge on any atom is 0.241 e. The van der Waals surface area contributed by atoms with E-state index in [-0.39, 0.29) is 31.0 Å². The van der Waals surface area contributed by atoms with Gasteiger partial charge in [0.15, 0.2) is 11.5 Å². The average Bonchev–Trinajstić information content (AvgIpc) is 3.19. The van der Waals surface area contributed by atoms with E-state index in [0.717, 1.165) is 16.3 Å². The highest BCUT2D eigenvalue weighted by Gasteiger charge is 2.27. The van der Waals surface area contributed by atoms with Crippen molar-refractivity contribution < 1.29 is 22.7 Å². The van der Waals surface area contributed by atoms with Gasteiger partial charge in [0.05, 0.1) is 17.5 Å². The Morgan fingerprint density at radius 2 is 1.80 bits per heavy atom. The second kappa shape index (κ2) is 9.38. The van der Waals surface area contributed by atoms with Crippen molar-refractivity contribution in [2.45, 2.75) is 33.2 Å². The number of fused-ring (bicyclic) bond motifs is 1. The SMILES string of the molecule is CCS(=O)(=O)N(CC(=O)N[C@@H](CC(C)C)c1ccccc1)c1ccc2c(c1)OCO2. The van der Waals surface area contributed by atoms with Crippen LogP contribution in [0, 0.1) is 5.92 Å². The third kappa shape index (κ3) is 5.24. The lowest BCUT2D eigenvalue weighted by atomic mass is 9.97. The minimum absolute atomic E-state index is 0.0910. The van der Waals surface area contributed by atoms with Crippen LogP contribution in [0.1, 0.15) is 38.8 Å². The molecule has 1 atom stereocenters. The average molecular weight is 433 g/mol. The minimum Gasteiger partial charge on any atom is -0.454 e. The number of nitrogens with zero attached hydrogens (tertiary/aromatic N) is 1. The first-order chi connectivity index (χ1) is 14.3. The molecule has 7 nitrogen and oxygen atoms in total. The molecule has 162 valence electrons. The molecule has 0 bridgehead atoms. The topological polar surface area (TPSA) is 84.9 Å². The normalized spacial score (nSPS) is 13.9. The van der Waals surface area contributed by atoms with Crippen molar-refractivity contribution in [2.24, 2.45) is 5.92 Å². The number of carbonyl (C=O) groups is 1. The van der Waals surface area contributed by atoms with Crippen molar-refractivity contribution in [3.8, 4) is 11.5 Å². The van der Waals surface area contributed by atoms with E-state index in [1.165, 1.54) is 0 Å². The zero-order valence-electron chi connectivity index (χ0n) is 17.5. The first-order valence-electron chi connectivity index (χ1n) is 10.0. The zero-order chi connectivity index (χ0) is 21.7. The molecule has 0 saturated heterocycles. The number of carbonyl (C=O) groups excluding carboxylic acids is 1. The summed E-state index contributed by atoms with van der Waals surface area (Å²) in [6, 6.07) is 14.4. The Morgan fingerprint density at radius 3 is 2.47 bits per heavy atom. The van der Waals surface area contributed by atoms with E-state index >= 15 is 0 Å². The Bertz CT molecular complexity index is 976. The summed E-state index contributed by atoms with van der Waals surface area (Å²) in [5.74, 6) is 0.895. The number of hydrogen-bond acceptors (Lipinski definition) is 5. The van der Waals surface area contributed by atoms with Gasteiger partial charge in [-0.2, -0.15) is 0 Å². The molecule has 2 aromatic carbocycles. The Hall–Kier alpha value is -2.74. The molecule has 2 aromatic rings. The van der Waals surface area contributed by atoms with E-state index in [1.54, 1.807) is 25.1 Å². The molecule has 1 amide bonds. The number of ether oxygens (including phenoxy) is 2. The van der Waals surface area contributed by atoms with E-state index < -0.39 is 10.0 Å². The smallest absolute Gasteiger partial charge is 0.241 e. The predicted molar refractivity (Wildman–Crippen MR) is 116 cm³/mol. The summed E-state index contributed by atoms with van der Waals surface area (Å²) < 4.78 is 37.3. The van der Waals surface area contributed by atoms with Gasteiger partial charge in [0.25, 0.3) is 0 Å². The van der Waals surface area contributed by atoms with Gasteiger partial charge in [-0.15, -0.1) is 0 Å². The van der Waals surface area contributed by atoms with Crippen molar-refractivity contribution in [1.82, 2.24) is 5.32 Å². The highest BCUT2D eigenvalue weighted by Crippen LogP contribution is 2.36. The molecule has 1 N–H and O–H groups in total. The molecule has 1 aliphatic heterocycles. The van der Waals surface area contributed by atoms with E-state index in [9.17, 15) is 13.2 Å². The van der Waals surface area contributed by atoms with Crippen molar-refractivity contribution >= 4 is 21.6 Å². The minimum atomic E-state index is -3.67. The maximum atomic E-state index is 12.9. The molecule has 0 radical (unpaired) electrons. The molecule has 8 heteroatoms. The van der Waals surface area contributed by atoms with Crippen LogP contribution < -0.4 is 19.1 Å². The molecule has 0 saturated carbocycles. The molecule has 0 unspecified atom stereocenters. The monoisotopic (exact) mass is 432 g/mol. The third-order valence-electron chi connectivity index (χ3n) is 4.88. The van der Waals surface area contributed by atoms with E-state index in [1.807, 2.05) is 30.3 Å². The number of sulfonamides is 1. The van der Waals surface area contributed by atoms with Crippen molar-refractivity contribution in [2.75, 3.05) is 23.4 Å². The molecule has 3 rings (SSSR count). The van der Waals surface area contributed by atoms with Crippen LogP contribution in [-0.4, -0.2) is 33.4 Å². The van der Waals surface area contributed by atoms with Crippen LogP contribution in [-0.2, 0) is 14.8 Å². The lowest BCUT2D eigenvalue weighted by Gasteiger charge is -2.26. The van der Waals surface area contributed by atoms with E-state index in [4.69, 9.17) is 9.47 Å². The zero-order valence-corrected chi connectivity index (χ0v) is 18.3. The van der Waals surface area contributed by atoms with Crippen LogP contribution in [0.15, 0.2) is 48.5 Å². The van der Waals surface area contributed by atoms with Gasteiger partial charge >= 0.3 is 0 Å². The number of hydrogen-bond donors (Lipinski definition) is 1. The Balaban J connectivity index is 1.82. The highest BCUT2D eigenvalue weighted by atomic mass is 32.2. The number of benzene rings is 2. The van der Waals surface area contributed by atoms with Crippen LogP contribution in [0.2, 0.25) is 0 Å². The van der Waals surface area contributed by atoms with Gasteiger partial charge in [0, 0.05) is 6.07 Å². The number of rotatable bonds is 9. The standard InChI is InChI=1S/C22H28N2O5S/c1-4-30(26,27)24(18-10-11-20-21(13-18)29-15-28-20)14-22(25)23-19(12-16(2)3)17-8-6-5-7-9-17/h5-11,13,16,19H,4,12,14-15H2,1-3H3,(H,23,25)/t19-/m0/s1. The van der Waals surface area contributed by atoms with Crippen molar-refractivity contribution in [3.63, 3.8) is 0 Å². The largest absolute Gasteiger partial charge is 0.454 e. The fourth-order valence-corrected chi connectivity index (χ4v) is 4.41. The predicted octanol–water partition coefficient (Wildman–Crippen LogP) is 3.48. The maximum absolute atomic E-state index is 12.9. The van der Waals surface area contributed by atoms with Gasteiger partial charge in [-0.3, -0.25) is 9.10 Å². The second-order valence-electron chi connectivity index (χ2n) is 7.61. The molecule has 30 heavy (non-hydrogen) atoms. The van der Waals surface area contributed by atoms with Gasteiger partial charge in [-0.1, -0.05) is 44.2 Å². The lowest BCUT2D eigenvalue weighted by Crippen LogP contribution is -2.42. The molecule has 0 fully saturated rings. The quantitative estimate of drug-likeness (QED) is 0.656. The van der Waals surface area contributed by atoms with E-state index in [0.29, 0.717) is 23.1 Å². The van der Waals surface area contributed by atoms with Gasteiger partial charge in [-0.05, 0) is 37.0 Å². The van der Waals surface area contributed by atoms with Crippen LogP contribution in [0.5, 0.6) is 11.5 Å².